The SMILES string of the molecule is COC(=O)C1=CNC=NC1.Cl. The molecule has 1 N–H and O–H groups in total. The average Bonchev–Trinajstić information content (AvgIpc) is 2.05. The predicted molar refractivity (Wildman–Crippen MR) is 43.8 cm³/mol. The molecule has 0 aromatic rings. The monoisotopic (exact) mass is 176 g/mol. The third-order valence-electron chi connectivity index (χ3n) is 1.13. The van der Waals surface area contributed by atoms with E-state index in [1.54, 1.807) is 6.20 Å². The Bertz CT molecular complexity index is 201. The average molecular weight is 177 g/mol. The minimum atomic E-state index is -0.329. The highest BCUT2D eigenvalue weighted by atomic mass is 35.5. The Hall–Kier alpha value is -1.03. The normalized spacial score (nSPS) is 14.1. The second-order valence-corrected chi connectivity index (χ2v) is 1.80. The fraction of sp³-hybridized carbons (Fsp3) is 0.333. The number of rotatable bonds is 1. The summed E-state index contributed by atoms with van der Waals surface area (Å²) in [5.74, 6) is -0.329. The van der Waals surface area contributed by atoms with Crippen molar-refractivity contribution in [2.24, 2.45) is 4.99 Å². The zero-order chi connectivity index (χ0) is 7.40. The van der Waals surface area contributed by atoms with Gasteiger partial charge < -0.3 is 10.1 Å². The smallest absolute Gasteiger partial charge is 0.337 e. The number of methoxy groups -OCH3 is 1. The number of nitrogens with one attached hydrogen (secondary N) is 1. The van der Waals surface area contributed by atoms with Gasteiger partial charge in [-0.25, -0.2) is 4.79 Å². The van der Waals surface area contributed by atoms with Crippen molar-refractivity contribution in [1.82, 2.24) is 5.32 Å². The summed E-state index contributed by atoms with van der Waals surface area (Å²) in [7, 11) is 1.35. The molecule has 5 heteroatoms. The van der Waals surface area contributed by atoms with Crippen molar-refractivity contribution in [1.29, 1.82) is 0 Å². The Morgan fingerprint density at radius 3 is 3.00 bits per heavy atom. The highest BCUT2D eigenvalue weighted by Crippen LogP contribution is 1.98. The molecule has 0 unspecified atom stereocenters. The van der Waals surface area contributed by atoms with Crippen molar-refractivity contribution in [3.05, 3.63) is 11.8 Å². The van der Waals surface area contributed by atoms with Crippen molar-refractivity contribution in [2.75, 3.05) is 13.7 Å². The molecule has 0 amide bonds. The lowest BCUT2D eigenvalue weighted by molar-refractivity contribution is -0.136. The van der Waals surface area contributed by atoms with Gasteiger partial charge in [0.2, 0.25) is 0 Å². The summed E-state index contributed by atoms with van der Waals surface area (Å²) in [4.78, 5) is 14.6. The molecule has 62 valence electrons. The number of halogens is 1. The van der Waals surface area contributed by atoms with E-state index >= 15 is 0 Å². The molecule has 0 radical (unpaired) electrons. The first-order valence-corrected chi connectivity index (χ1v) is 2.86. The second kappa shape index (κ2) is 4.73. The lowest BCUT2D eigenvalue weighted by Crippen LogP contribution is -2.17. The van der Waals surface area contributed by atoms with Gasteiger partial charge in [0.05, 0.1) is 25.6 Å². The van der Waals surface area contributed by atoms with Gasteiger partial charge >= 0.3 is 5.97 Å². The van der Waals surface area contributed by atoms with Gasteiger partial charge in [0.15, 0.2) is 0 Å². The highest BCUT2D eigenvalue weighted by Gasteiger charge is 2.09. The Morgan fingerprint density at radius 2 is 2.55 bits per heavy atom. The van der Waals surface area contributed by atoms with Crippen LogP contribution in [0.2, 0.25) is 0 Å². The predicted octanol–water partition coefficient (Wildman–Crippen LogP) is 0.0966. The quantitative estimate of drug-likeness (QED) is 0.577. The van der Waals surface area contributed by atoms with E-state index in [9.17, 15) is 4.79 Å². The molecule has 1 rings (SSSR count). The molecule has 1 aliphatic rings. The van der Waals surface area contributed by atoms with Gasteiger partial charge in [-0.05, 0) is 0 Å². The molecule has 0 aliphatic carbocycles. The number of esters is 1. The van der Waals surface area contributed by atoms with E-state index in [0.29, 0.717) is 12.1 Å². The van der Waals surface area contributed by atoms with Crippen molar-refractivity contribution < 1.29 is 9.53 Å². The molecule has 0 aromatic carbocycles. The Morgan fingerprint density at radius 1 is 1.82 bits per heavy atom. The summed E-state index contributed by atoms with van der Waals surface area (Å²) in [5.41, 5.74) is 0.546. The summed E-state index contributed by atoms with van der Waals surface area (Å²) < 4.78 is 4.47. The van der Waals surface area contributed by atoms with Crippen LogP contribution in [0, 0.1) is 0 Å². The molecule has 11 heavy (non-hydrogen) atoms. The highest BCUT2D eigenvalue weighted by molar-refractivity contribution is 5.90. The van der Waals surface area contributed by atoms with E-state index in [1.807, 2.05) is 0 Å². The molecule has 4 nitrogen and oxygen atoms in total. The molecule has 0 atom stereocenters. The van der Waals surface area contributed by atoms with Crippen molar-refractivity contribution in [2.45, 2.75) is 0 Å². The van der Waals surface area contributed by atoms with Gasteiger partial charge in [0.25, 0.3) is 0 Å². The number of aliphatic imine (C=N–C) groups is 1. The first-order valence-electron chi connectivity index (χ1n) is 2.86. The van der Waals surface area contributed by atoms with Crippen molar-refractivity contribution >= 4 is 24.7 Å². The number of ether oxygens (including phenoxy) is 1. The minimum absolute atomic E-state index is 0. The van der Waals surface area contributed by atoms with Gasteiger partial charge in [-0.15, -0.1) is 12.4 Å². The molecule has 0 saturated heterocycles. The lowest BCUT2D eigenvalue weighted by atomic mass is 10.3. The van der Waals surface area contributed by atoms with Crippen LogP contribution in [0.25, 0.3) is 0 Å². The maximum atomic E-state index is 10.8. The Kier molecular flexibility index (Phi) is 4.29. The maximum Gasteiger partial charge on any atom is 0.337 e. The van der Waals surface area contributed by atoms with Crippen molar-refractivity contribution in [3.63, 3.8) is 0 Å². The molecule has 0 aromatic heterocycles. The molecular formula is C6H9ClN2O2. The van der Waals surface area contributed by atoms with Gasteiger partial charge in [-0.3, -0.25) is 4.99 Å². The van der Waals surface area contributed by atoms with Crippen LogP contribution in [0.1, 0.15) is 0 Å². The summed E-state index contributed by atoms with van der Waals surface area (Å²) in [6.07, 6.45) is 3.12. The zero-order valence-corrected chi connectivity index (χ0v) is 6.85. The fourth-order valence-corrected chi connectivity index (χ4v) is 0.635. The van der Waals surface area contributed by atoms with Crippen LogP contribution in [0.3, 0.4) is 0 Å². The van der Waals surface area contributed by atoms with Crippen LogP contribution < -0.4 is 5.32 Å². The van der Waals surface area contributed by atoms with Gasteiger partial charge in [0, 0.05) is 6.20 Å². The summed E-state index contributed by atoms with van der Waals surface area (Å²) in [6.45, 7) is 0.402. The van der Waals surface area contributed by atoms with E-state index in [-0.39, 0.29) is 18.4 Å². The van der Waals surface area contributed by atoms with Gasteiger partial charge in [0.1, 0.15) is 0 Å². The number of hydrogen-bond donors (Lipinski definition) is 1. The topological polar surface area (TPSA) is 50.7 Å². The molecular weight excluding hydrogens is 168 g/mol. The molecule has 0 fully saturated rings. The third-order valence-corrected chi connectivity index (χ3v) is 1.13. The zero-order valence-electron chi connectivity index (χ0n) is 6.03. The van der Waals surface area contributed by atoms with Crippen LogP contribution in [-0.2, 0) is 9.53 Å². The maximum absolute atomic E-state index is 10.8. The fourth-order valence-electron chi connectivity index (χ4n) is 0.635. The van der Waals surface area contributed by atoms with Crippen LogP contribution in [0.5, 0.6) is 0 Å². The Labute approximate surface area is 70.7 Å². The van der Waals surface area contributed by atoms with Gasteiger partial charge in [-0.1, -0.05) is 0 Å². The van der Waals surface area contributed by atoms with Crippen LogP contribution in [0.15, 0.2) is 16.8 Å². The lowest BCUT2D eigenvalue weighted by Gasteiger charge is -2.05. The second-order valence-electron chi connectivity index (χ2n) is 1.80. The van der Waals surface area contributed by atoms with E-state index < -0.39 is 0 Å². The summed E-state index contributed by atoms with van der Waals surface area (Å²) in [6, 6.07) is 0. The van der Waals surface area contributed by atoms with E-state index in [2.05, 4.69) is 15.0 Å². The molecule has 1 heterocycles. The van der Waals surface area contributed by atoms with E-state index in [0.717, 1.165) is 0 Å². The summed E-state index contributed by atoms with van der Waals surface area (Å²) in [5, 5.41) is 2.70. The molecule has 0 spiro atoms. The number of nitrogens with zero attached hydrogens (tertiary/aromatic N) is 1. The summed E-state index contributed by atoms with van der Waals surface area (Å²) >= 11 is 0. The Balaban J connectivity index is 0.000001000. The first-order chi connectivity index (χ1) is 4.84. The minimum Gasteiger partial charge on any atom is -0.466 e. The van der Waals surface area contributed by atoms with Crippen molar-refractivity contribution in [3.8, 4) is 0 Å². The largest absolute Gasteiger partial charge is 0.466 e. The third kappa shape index (κ3) is 2.59. The number of hydrogen-bond acceptors (Lipinski definition) is 4. The number of carbonyl (C=O) groups excluding carboxylic acids is 1. The van der Waals surface area contributed by atoms with E-state index in [4.69, 9.17) is 0 Å². The van der Waals surface area contributed by atoms with Gasteiger partial charge in [-0.2, -0.15) is 0 Å². The van der Waals surface area contributed by atoms with Crippen LogP contribution in [-0.4, -0.2) is 26.0 Å². The first kappa shape index (κ1) is 9.97. The molecule has 1 aliphatic heterocycles. The number of carbonyl (C=O) groups is 1. The van der Waals surface area contributed by atoms with Crippen LogP contribution >= 0.6 is 12.4 Å². The van der Waals surface area contributed by atoms with E-state index in [1.165, 1.54) is 13.4 Å². The standard InChI is InChI=1S/C6H8N2O2.ClH/c1-10-6(9)5-2-7-4-8-3-5;/h2,4H,3H2,1H3,(H,7,8);1H. The van der Waals surface area contributed by atoms with Crippen LogP contribution in [0.4, 0.5) is 0 Å². The molecule has 0 bridgehead atoms. The molecule has 0 saturated carbocycles.